The van der Waals surface area contributed by atoms with E-state index >= 15 is 0 Å². The maximum absolute atomic E-state index is 13.2. The first kappa shape index (κ1) is 23.4. The molecular weight excluding hydrogens is 458 g/mol. The van der Waals surface area contributed by atoms with E-state index in [1.165, 1.54) is 11.0 Å². The Hall–Kier alpha value is -3.71. The number of anilines is 1. The summed E-state index contributed by atoms with van der Waals surface area (Å²) < 4.78 is 16.9. The molecule has 1 unspecified atom stereocenters. The highest BCUT2D eigenvalue weighted by molar-refractivity contribution is 6.51. The average molecular weight is 482 g/mol. The number of amides is 1. The summed E-state index contributed by atoms with van der Waals surface area (Å²) in [5.41, 5.74) is 0.644. The summed E-state index contributed by atoms with van der Waals surface area (Å²) in [6, 6.07) is 14.0. The van der Waals surface area contributed by atoms with Crippen molar-refractivity contribution < 1.29 is 28.6 Å². The number of carbonyl (C=O) groups is 2. The van der Waals surface area contributed by atoms with E-state index in [2.05, 4.69) is 0 Å². The average Bonchev–Trinajstić information content (AvgIpc) is 3.36. The van der Waals surface area contributed by atoms with Crippen molar-refractivity contribution in [1.82, 2.24) is 0 Å². The maximum Gasteiger partial charge on any atom is 0.300 e. The molecule has 1 atom stereocenters. The molecule has 1 aromatic heterocycles. The molecule has 1 amide bonds. The Balaban J connectivity index is 1.90. The Labute approximate surface area is 202 Å². The normalized spacial score (nSPS) is 17.3. The lowest BCUT2D eigenvalue weighted by Gasteiger charge is -2.24. The van der Waals surface area contributed by atoms with Gasteiger partial charge in [-0.15, -0.1) is 0 Å². The molecule has 0 aliphatic carbocycles. The van der Waals surface area contributed by atoms with Crippen LogP contribution in [0.25, 0.3) is 5.76 Å². The Bertz CT molecular complexity index is 1280. The molecule has 7 nitrogen and oxygen atoms in total. The Morgan fingerprint density at radius 1 is 1.06 bits per heavy atom. The van der Waals surface area contributed by atoms with Crippen molar-refractivity contribution in [3.63, 3.8) is 0 Å². The number of aliphatic hydroxyl groups is 1. The van der Waals surface area contributed by atoms with Crippen molar-refractivity contribution in [1.29, 1.82) is 0 Å². The molecule has 4 rings (SSSR count). The first-order valence-corrected chi connectivity index (χ1v) is 11.3. The third-order valence-electron chi connectivity index (χ3n) is 5.39. The molecule has 1 aliphatic rings. The van der Waals surface area contributed by atoms with Crippen molar-refractivity contribution in [2.24, 2.45) is 0 Å². The molecule has 34 heavy (non-hydrogen) atoms. The fourth-order valence-electron chi connectivity index (χ4n) is 3.93. The number of aryl methyl sites for hydroxylation is 1. The van der Waals surface area contributed by atoms with Gasteiger partial charge in [0.2, 0.25) is 0 Å². The quantitative estimate of drug-likeness (QED) is 0.266. The number of halogens is 1. The highest BCUT2D eigenvalue weighted by Gasteiger charge is 2.48. The fraction of sp³-hybridized carbons (Fsp3) is 0.231. The van der Waals surface area contributed by atoms with Crippen LogP contribution in [0.3, 0.4) is 0 Å². The third-order valence-corrected chi connectivity index (χ3v) is 5.70. The summed E-state index contributed by atoms with van der Waals surface area (Å²) in [5, 5.41) is 11.6. The number of hydrogen-bond donors (Lipinski definition) is 1. The molecule has 2 heterocycles. The molecule has 0 saturated carbocycles. The second-order valence-corrected chi connectivity index (χ2v) is 8.03. The van der Waals surface area contributed by atoms with E-state index < -0.39 is 17.7 Å². The van der Waals surface area contributed by atoms with Gasteiger partial charge in [-0.05, 0) is 63.2 Å². The fourth-order valence-corrected chi connectivity index (χ4v) is 4.10. The molecule has 1 N–H and O–H groups in total. The van der Waals surface area contributed by atoms with Gasteiger partial charge in [0, 0.05) is 17.3 Å². The van der Waals surface area contributed by atoms with Crippen LogP contribution in [0.5, 0.6) is 11.5 Å². The van der Waals surface area contributed by atoms with Gasteiger partial charge in [-0.25, -0.2) is 0 Å². The minimum atomic E-state index is -0.975. The van der Waals surface area contributed by atoms with Crippen LogP contribution >= 0.6 is 11.6 Å². The number of aliphatic hydroxyl groups excluding tert-OH is 1. The summed E-state index contributed by atoms with van der Waals surface area (Å²) in [7, 11) is 0. The number of ether oxygens (including phenoxy) is 2. The summed E-state index contributed by atoms with van der Waals surface area (Å²) in [5.74, 6) is -0.0987. The lowest BCUT2D eigenvalue weighted by atomic mass is 9.99. The molecule has 0 spiro atoms. The molecule has 1 aliphatic heterocycles. The third kappa shape index (κ3) is 4.26. The van der Waals surface area contributed by atoms with Crippen LogP contribution in [-0.2, 0) is 9.59 Å². The van der Waals surface area contributed by atoms with E-state index in [1.807, 2.05) is 13.8 Å². The molecule has 0 bridgehead atoms. The molecule has 1 fully saturated rings. The number of nitrogens with zero attached hydrogens (tertiary/aromatic N) is 1. The highest BCUT2D eigenvalue weighted by Crippen LogP contribution is 2.43. The number of rotatable bonds is 7. The zero-order valence-corrected chi connectivity index (χ0v) is 19.8. The summed E-state index contributed by atoms with van der Waals surface area (Å²) in [6.07, 6.45) is 0. The largest absolute Gasteiger partial charge is 0.507 e. The maximum atomic E-state index is 13.2. The van der Waals surface area contributed by atoms with Crippen molar-refractivity contribution in [3.05, 3.63) is 82.3 Å². The number of Topliss-reactive ketones (excluding diaryl/α,β-unsaturated/α-hetero) is 1. The van der Waals surface area contributed by atoms with Crippen LogP contribution < -0.4 is 14.4 Å². The van der Waals surface area contributed by atoms with Crippen LogP contribution in [0.4, 0.5) is 5.69 Å². The van der Waals surface area contributed by atoms with Gasteiger partial charge in [0.05, 0.1) is 23.8 Å². The van der Waals surface area contributed by atoms with Gasteiger partial charge in [-0.1, -0.05) is 17.7 Å². The van der Waals surface area contributed by atoms with Gasteiger partial charge in [0.25, 0.3) is 11.7 Å². The molecule has 176 valence electrons. The molecule has 2 aromatic carbocycles. The van der Waals surface area contributed by atoms with Crippen molar-refractivity contribution in [2.75, 3.05) is 18.1 Å². The molecule has 3 aromatic rings. The molecular formula is C26H24ClNO6. The van der Waals surface area contributed by atoms with Crippen LogP contribution in [0, 0.1) is 6.92 Å². The predicted molar refractivity (Wildman–Crippen MR) is 128 cm³/mol. The smallest absolute Gasteiger partial charge is 0.300 e. The summed E-state index contributed by atoms with van der Waals surface area (Å²) in [4.78, 5) is 27.8. The van der Waals surface area contributed by atoms with Gasteiger partial charge >= 0.3 is 0 Å². The SMILES string of the molecule is CCOc1cccc(N2C(=O)C(=O)/C(=C(\O)c3ccc(Cl)c(OCC)c3)C2c2ccc(C)o2)c1. The van der Waals surface area contributed by atoms with Crippen molar-refractivity contribution in [2.45, 2.75) is 26.8 Å². The van der Waals surface area contributed by atoms with E-state index in [4.69, 9.17) is 25.5 Å². The lowest BCUT2D eigenvalue weighted by molar-refractivity contribution is -0.132. The minimum Gasteiger partial charge on any atom is -0.507 e. The molecule has 8 heteroatoms. The van der Waals surface area contributed by atoms with Crippen LogP contribution in [-0.4, -0.2) is 30.0 Å². The van der Waals surface area contributed by atoms with E-state index in [0.29, 0.717) is 52.5 Å². The number of carbonyl (C=O) groups excluding carboxylic acids is 2. The van der Waals surface area contributed by atoms with E-state index in [9.17, 15) is 14.7 Å². The summed E-state index contributed by atoms with van der Waals surface area (Å²) in [6.45, 7) is 6.24. The van der Waals surface area contributed by atoms with E-state index in [0.717, 1.165) is 0 Å². The Morgan fingerprint density at radius 3 is 2.50 bits per heavy atom. The van der Waals surface area contributed by atoms with E-state index in [-0.39, 0.29) is 11.3 Å². The van der Waals surface area contributed by atoms with Gasteiger partial charge < -0.3 is 19.0 Å². The topological polar surface area (TPSA) is 89.2 Å². The zero-order chi connectivity index (χ0) is 24.4. The Morgan fingerprint density at radius 2 is 1.82 bits per heavy atom. The predicted octanol–water partition coefficient (Wildman–Crippen LogP) is 5.67. The van der Waals surface area contributed by atoms with Crippen LogP contribution in [0.15, 0.2) is 64.6 Å². The first-order chi connectivity index (χ1) is 16.3. The monoisotopic (exact) mass is 481 g/mol. The highest BCUT2D eigenvalue weighted by atomic mass is 35.5. The second kappa shape index (κ2) is 9.65. The van der Waals surface area contributed by atoms with Crippen LogP contribution in [0.2, 0.25) is 5.02 Å². The molecule has 0 radical (unpaired) electrons. The number of ketones is 1. The van der Waals surface area contributed by atoms with E-state index in [1.54, 1.807) is 55.5 Å². The van der Waals surface area contributed by atoms with Crippen molar-refractivity contribution >= 4 is 34.7 Å². The Kier molecular flexibility index (Phi) is 6.65. The zero-order valence-electron chi connectivity index (χ0n) is 19.0. The number of benzene rings is 2. The minimum absolute atomic E-state index is 0.0917. The van der Waals surface area contributed by atoms with Gasteiger partial charge in [0.15, 0.2) is 0 Å². The standard InChI is InChI=1S/C26H24ClNO6/c1-4-32-18-8-6-7-17(14-18)28-23(20-12-9-15(3)34-20)22(25(30)26(28)31)24(29)16-10-11-19(27)21(13-16)33-5-2/h6-14,23,29H,4-5H2,1-3H3/b24-22-. The second-order valence-electron chi connectivity index (χ2n) is 7.63. The lowest BCUT2D eigenvalue weighted by Crippen LogP contribution is -2.29. The van der Waals surface area contributed by atoms with Gasteiger partial charge in [-0.2, -0.15) is 0 Å². The number of furan rings is 1. The number of hydrogen-bond acceptors (Lipinski definition) is 6. The molecule has 1 saturated heterocycles. The summed E-state index contributed by atoms with van der Waals surface area (Å²) >= 11 is 6.18. The van der Waals surface area contributed by atoms with Gasteiger partial charge in [0.1, 0.15) is 34.8 Å². The first-order valence-electron chi connectivity index (χ1n) is 10.9. The van der Waals surface area contributed by atoms with Crippen LogP contribution in [0.1, 0.15) is 37.0 Å². The van der Waals surface area contributed by atoms with Gasteiger partial charge in [-0.3, -0.25) is 14.5 Å². The van der Waals surface area contributed by atoms with Crippen molar-refractivity contribution in [3.8, 4) is 11.5 Å².